The lowest BCUT2D eigenvalue weighted by Gasteiger charge is -2.35. The molecule has 2 saturated heterocycles. The Kier molecular flexibility index (Phi) is 10.1. The van der Waals surface area contributed by atoms with Gasteiger partial charge in [-0.2, -0.15) is 0 Å². The monoisotopic (exact) mass is 658 g/mol. The van der Waals surface area contributed by atoms with Crippen LogP contribution >= 0.6 is 22.6 Å². The molecule has 0 unspecified atom stereocenters. The normalized spacial score (nSPS) is 16.0. The van der Waals surface area contributed by atoms with Gasteiger partial charge >= 0.3 is 0 Å². The molecule has 10 nitrogen and oxygen atoms in total. The molecule has 4 amide bonds. The molecule has 4 rings (SSSR count). The third-order valence-electron chi connectivity index (χ3n) is 7.42. The Hall–Kier alpha value is -3.48. The Bertz CT molecular complexity index is 1250. The fraction of sp³-hybridized carbons (Fsp3) is 0.414. The van der Waals surface area contributed by atoms with Gasteiger partial charge in [-0.1, -0.05) is 29.2 Å². The number of benzene rings is 1. The van der Waals surface area contributed by atoms with Gasteiger partial charge in [0.2, 0.25) is 11.8 Å². The average Bonchev–Trinajstić information content (AvgIpc) is 2.99. The van der Waals surface area contributed by atoms with Gasteiger partial charge in [0.15, 0.2) is 0 Å². The molecule has 2 aromatic rings. The minimum atomic E-state index is -0.591. The number of nitrogens with two attached hydrogens (primary N) is 1. The first-order chi connectivity index (χ1) is 19.3. The van der Waals surface area contributed by atoms with Gasteiger partial charge in [-0.25, -0.2) is 4.98 Å². The summed E-state index contributed by atoms with van der Waals surface area (Å²) in [6, 6.07) is 10.5. The molecule has 11 heteroatoms. The number of alkyl halides is 1. The zero-order valence-electron chi connectivity index (χ0n) is 22.5. The molecule has 2 aliphatic heterocycles. The number of hydrogen-bond donors (Lipinski definition) is 2. The number of hydrogen-bond acceptors (Lipinski definition) is 6. The standard InChI is InChI=1S/C29H35IN6O4/c1-2-25(37)34-14-11-20(12-15-34)24-10-9-23(27(31)39)28(33-24)32-22-7-5-21(6-8-22)29(40)36-18-16-35(17-19-36)26(38)4-3-13-30/h2,5-10,20H,1,3-4,11-19H2,(H2,31,39)(H,32,33). The van der Waals surface area contributed by atoms with Crippen molar-refractivity contribution in [2.75, 3.05) is 49.0 Å². The van der Waals surface area contributed by atoms with E-state index in [1.165, 1.54) is 6.08 Å². The van der Waals surface area contributed by atoms with Gasteiger partial charge in [-0.05, 0) is 61.7 Å². The van der Waals surface area contributed by atoms with Crippen LogP contribution in [0.5, 0.6) is 0 Å². The van der Waals surface area contributed by atoms with E-state index in [1.807, 2.05) is 11.0 Å². The Balaban J connectivity index is 1.39. The van der Waals surface area contributed by atoms with E-state index in [0.29, 0.717) is 62.8 Å². The topological polar surface area (TPSA) is 129 Å². The molecule has 1 aromatic heterocycles. The molecule has 0 radical (unpaired) electrons. The number of piperidine rings is 1. The van der Waals surface area contributed by atoms with Crippen molar-refractivity contribution >= 4 is 57.7 Å². The molecule has 0 bridgehead atoms. The van der Waals surface area contributed by atoms with Crippen LogP contribution in [0.25, 0.3) is 0 Å². The van der Waals surface area contributed by atoms with E-state index in [0.717, 1.165) is 29.4 Å². The van der Waals surface area contributed by atoms with Crippen LogP contribution in [0.15, 0.2) is 49.1 Å². The largest absolute Gasteiger partial charge is 0.365 e. The fourth-order valence-corrected chi connectivity index (χ4v) is 5.45. The number of halogens is 1. The molecule has 0 atom stereocenters. The van der Waals surface area contributed by atoms with E-state index in [2.05, 4.69) is 34.5 Å². The van der Waals surface area contributed by atoms with Crippen molar-refractivity contribution < 1.29 is 19.2 Å². The maximum atomic E-state index is 13.1. The van der Waals surface area contributed by atoms with Gasteiger partial charge < -0.3 is 25.8 Å². The van der Waals surface area contributed by atoms with Crippen molar-refractivity contribution in [3.8, 4) is 0 Å². The first kappa shape index (κ1) is 29.5. The molecule has 3 N–H and O–H groups in total. The van der Waals surface area contributed by atoms with Crippen LogP contribution in [-0.2, 0) is 9.59 Å². The van der Waals surface area contributed by atoms with E-state index >= 15 is 0 Å². The molecule has 0 spiro atoms. The highest BCUT2D eigenvalue weighted by molar-refractivity contribution is 14.1. The fourth-order valence-electron chi connectivity index (χ4n) is 5.07. The number of nitrogens with one attached hydrogen (secondary N) is 1. The lowest BCUT2D eigenvalue weighted by atomic mass is 9.92. The first-order valence-corrected chi connectivity index (χ1v) is 15.1. The smallest absolute Gasteiger partial charge is 0.253 e. The number of pyridine rings is 1. The number of rotatable bonds is 9. The molecule has 1 aromatic carbocycles. The number of likely N-dealkylation sites (tertiary alicyclic amines) is 1. The average molecular weight is 659 g/mol. The summed E-state index contributed by atoms with van der Waals surface area (Å²) < 4.78 is 0.955. The van der Waals surface area contributed by atoms with Crippen molar-refractivity contribution in [3.63, 3.8) is 0 Å². The van der Waals surface area contributed by atoms with Crippen molar-refractivity contribution in [2.45, 2.75) is 31.6 Å². The Morgan fingerprint density at radius 1 is 0.950 bits per heavy atom. The number of primary amides is 1. The lowest BCUT2D eigenvalue weighted by molar-refractivity contribution is -0.132. The number of carbonyl (C=O) groups is 4. The van der Waals surface area contributed by atoms with Gasteiger partial charge in [0.05, 0.1) is 5.56 Å². The second-order valence-electron chi connectivity index (χ2n) is 9.97. The molecule has 0 aliphatic carbocycles. The quantitative estimate of drug-likeness (QED) is 0.242. The van der Waals surface area contributed by atoms with Gasteiger partial charge in [-0.15, -0.1) is 0 Å². The molecule has 40 heavy (non-hydrogen) atoms. The molecule has 2 aliphatic rings. The summed E-state index contributed by atoms with van der Waals surface area (Å²) >= 11 is 2.27. The van der Waals surface area contributed by atoms with Gasteiger partial charge in [0.25, 0.3) is 11.8 Å². The van der Waals surface area contributed by atoms with Crippen LogP contribution in [0.3, 0.4) is 0 Å². The summed E-state index contributed by atoms with van der Waals surface area (Å²) in [4.78, 5) is 59.5. The van der Waals surface area contributed by atoms with E-state index in [-0.39, 0.29) is 29.2 Å². The van der Waals surface area contributed by atoms with Gasteiger partial charge in [0, 0.05) is 73.0 Å². The van der Waals surface area contributed by atoms with E-state index in [4.69, 9.17) is 10.7 Å². The van der Waals surface area contributed by atoms with Gasteiger partial charge in [-0.3, -0.25) is 19.2 Å². The third kappa shape index (κ3) is 7.18. The molecule has 3 heterocycles. The number of nitrogens with zero attached hydrogens (tertiary/aromatic N) is 4. The van der Waals surface area contributed by atoms with Crippen LogP contribution in [0.1, 0.15) is 58.0 Å². The second kappa shape index (κ2) is 13.7. The molecule has 212 valence electrons. The van der Waals surface area contributed by atoms with Crippen molar-refractivity contribution in [3.05, 3.63) is 65.9 Å². The van der Waals surface area contributed by atoms with Crippen LogP contribution in [0.4, 0.5) is 11.5 Å². The summed E-state index contributed by atoms with van der Waals surface area (Å²) in [5, 5.41) is 3.19. The highest BCUT2D eigenvalue weighted by Crippen LogP contribution is 2.30. The highest BCUT2D eigenvalue weighted by atomic mass is 127. The third-order valence-corrected chi connectivity index (χ3v) is 8.18. The summed E-state index contributed by atoms with van der Waals surface area (Å²) in [5.74, 6) is -0.0769. The number of piperazine rings is 1. The Morgan fingerprint density at radius 3 is 2.20 bits per heavy atom. The van der Waals surface area contributed by atoms with E-state index < -0.39 is 5.91 Å². The lowest BCUT2D eigenvalue weighted by Crippen LogP contribution is -2.50. The molecular weight excluding hydrogens is 623 g/mol. The molecule has 2 fully saturated rings. The minimum absolute atomic E-state index is 0.0701. The number of anilines is 2. The number of carbonyl (C=O) groups excluding carboxylic acids is 4. The summed E-state index contributed by atoms with van der Waals surface area (Å²) in [5.41, 5.74) is 7.93. The zero-order chi connectivity index (χ0) is 28.6. The number of amides is 4. The summed E-state index contributed by atoms with van der Waals surface area (Å²) in [6.45, 7) is 6.91. The van der Waals surface area contributed by atoms with E-state index in [1.54, 1.807) is 40.1 Å². The maximum Gasteiger partial charge on any atom is 0.253 e. The zero-order valence-corrected chi connectivity index (χ0v) is 24.6. The predicted octanol–water partition coefficient (Wildman–Crippen LogP) is 3.32. The van der Waals surface area contributed by atoms with Crippen LogP contribution < -0.4 is 11.1 Å². The summed E-state index contributed by atoms with van der Waals surface area (Å²) in [6.07, 6.45) is 4.28. The second-order valence-corrected chi connectivity index (χ2v) is 11.0. The van der Waals surface area contributed by atoms with Crippen molar-refractivity contribution in [2.24, 2.45) is 5.73 Å². The number of aromatic nitrogens is 1. The van der Waals surface area contributed by atoms with E-state index in [9.17, 15) is 19.2 Å². The van der Waals surface area contributed by atoms with Crippen molar-refractivity contribution in [1.29, 1.82) is 0 Å². The van der Waals surface area contributed by atoms with Crippen LogP contribution in [0.2, 0.25) is 0 Å². The summed E-state index contributed by atoms with van der Waals surface area (Å²) in [7, 11) is 0. The minimum Gasteiger partial charge on any atom is -0.365 e. The first-order valence-electron chi connectivity index (χ1n) is 13.5. The van der Waals surface area contributed by atoms with Gasteiger partial charge in [0.1, 0.15) is 5.82 Å². The SMILES string of the molecule is C=CC(=O)N1CCC(c2ccc(C(N)=O)c(Nc3ccc(C(=O)N4CCN(C(=O)CCCI)CC4)cc3)n2)CC1. The Morgan fingerprint density at radius 2 is 1.60 bits per heavy atom. The van der Waals surface area contributed by atoms with Crippen LogP contribution in [0, 0.1) is 0 Å². The highest BCUT2D eigenvalue weighted by Gasteiger charge is 2.26. The molecular formula is C29H35IN6O4. The predicted molar refractivity (Wildman–Crippen MR) is 162 cm³/mol. The van der Waals surface area contributed by atoms with Crippen LogP contribution in [-0.4, -0.2) is 87.0 Å². The maximum absolute atomic E-state index is 13.1. The Labute approximate surface area is 248 Å². The van der Waals surface area contributed by atoms with Crippen molar-refractivity contribution in [1.82, 2.24) is 19.7 Å². The molecule has 0 saturated carbocycles.